The van der Waals surface area contributed by atoms with E-state index in [1.165, 1.54) is 0 Å². The second kappa shape index (κ2) is 4.57. The molecular formula is C12H18N4O3. The summed E-state index contributed by atoms with van der Waals surface area (Å²) in [6, 6.07) is 0.165. The Balaban J connectivity index is 1.46. The van der Waals surface area contributed by atoms with Gasteiger partial charge >= 0.3 is 6.01 Å². The summed E-state index contributed by atoms with van der Waals surface area (Å²) in [7, 11) is 0. The van der Waals surface area contributed by atoms with Crippen LogP contribution >= 0.6 is 0 Å². The summed E-state index contributed by atoms with van der Waals surface area (Å²) in [6.07, 6.45) is 2.87. The van der Waals surface area contributed by atoms with Crippen molar-refractivity contribution in [3.05, 3.63) is 5.89 Å². The van der Waals surface area contributed by atoms with Crippen LogP contribution < -0.4 is 5.32 Å². The monoisotopic (exact) mass is 266 g/mol. The van der Waals surface area contributed by atoms with E-state index in [1.54, 1.807) is 0 Å². The lowest BCUT2D eigenvalue weighted by molar-refractivity contribution is -0.128. The Labute approximate surface area is 111 Å². The number of hydrogen-bond acceptors (Lipinski definition) is 6. The fraction of sp³-hybridized carbons (Fsp3) is 0.750. The topological polar surface area (TPSA) is 91.5 Å². The van der Waals surface area contributed by atoms with Gasteiger partial charge in [0.2, 0.25) is 11.8 Å². The van der Waals surface area contributed by atoms with Crippen LogP contribution in [-0.4, -0.2) is 51.3 Å². The zero-order chi connectivity index (χ0) is 13.5. The first-order valence-corrected chi connectivity index (χ1v) is 6.66. The number of carbonyl (C=O) groups excluding carboxylic acids is 1. The molecule has 0 bridgehead atoms. The normalized spacial score (nSPS) is 22.0. The minimum atomic E-state index is -0.621. The molecule has 1 aromatic heterocycles. The van der Waals surface area contributed by atoms with Crippen LogP contribution in [0.3, 0.4) is 0 Å². The minimum absolute atomic E-state index is 0.165. The number of aliphatic hydroxyl groups is 1. The zero-order valence-corrected chi connectivity index (χ0v) is 10.9. The molecule has 1 aromatic rings. The number of anilines is 1. The van der Waals surface area contributed by atoms with E-state index in [4.69, 9.17) is 4.42 Å². The summed E-state index contributed by atoms with van der Waals surface area (Å²) in [5, 5.41) is 20.1. The van der Waals surface area contributed by atoms with Gasteiger partial charge in [0.05, 0.1) is 12.1 Å². The molecule has 1 aliphatic heterocycles. The Kier molecular flexibility index (Phi) is 3.02. The molecule has 1 amide bonds. The van der Waals surface area contributed by atoms with E-state index in [-0.39, 0.29) is 18.5 Å². The van der Waals surface area contributed by atoms with Gasteiger partial charge in [0.15, 0.2) is 0 Å². The third-order valence-corrected chi connectivity index (χ3v) is 3.67. The smallest absolute Gasteiger partial charge is 0.322 e. The fourth-order valence-electron chi connectivity index (χ4n) is 2.26. The molecule has 0 atom stereocenters. The number of carbonyl (C=O) groups is 1. The van der Waals surface area contributed by atoms with Crippen molar-refractivity contribution in [2.75, 3.05) is 25.0 Å². The average molecular weight is 266 g/mol. The van der Waals surface area contributed by atoms with Crippen LogP contribution in [0.1, 0.15) is 38.0 Å². The lowest BCUT2D eigenvalue weighted by atomic mass is 9.91. The van der Waals surface area contributed by atoms with Crippen molar-refractivity contribution in [3.8, 4) is 0 Å². The lowest BCUT2D eigenvalue weighted by Crippen LogP contribution is -2.62. The van der Waals surface area contributed by atoms with E-state index < -0.39 is 5.60 Å². The standard InChI is InChI=1S/C12H18N4O3/c1-2-12(18)6-16(7-12)5-9(17)13-11-15-14-10(19-11)8-3-4-8/h8,18H,2-7H2,1H3,(H,13,15,17). The van der Waals surface area contributed by atoms with Crippen LogP contribution in [0, 0.1) is 0 Å². The highest BCUT2D eigenvalue weighted by Gasteiger charge is 2.40. The molecule has 0 unspecified atom stereocenters. The molecule has 2 heterocycles. The van der Waals surface area contributed by atoms with Gasteiger partial charge in [0, 0.05) is 19.0 Å². The maximum Gasteiger partial charge on any atom is 0.322 e. The number of hydrogen-bond donors (Lipinski definition) is 2. The highest BCUT2D eigenvalue weighted by atomic mass is 16.4. The van der Waals surface area contributed by atoms with E-state index in [0.717, 1.165) is 12.8 Å². The predicted molar refractivity (Wildman–Crippen MR) is 66.6 cm³/mol. The highest BCUT2D eigenvalue weighted by Crippen LogP contribution is 2.39. The summed E-state index contributed by atoms with van der Waals surface area (Å²) < 4.78 is 5.35. The van der Waals surface area contributed by atoms with Crippen LogP contribution in [0.5, 0.6) is 0 Å². The van der Waals surface area contributed by atoms with Gasteiger partial charge in [0.25, 0.3) is 0 Å². The van der Waals surface area contributed by atoms with Crippen LogP contribution in [0.4, 0.5) is 6.01 Å². The molecule has 7 nitrogen and oxygen atoms in total. The maximum atomic E-state index is 11.7. The van der Waals surface area contributed by atoms with Crippen LogP contribution in [0.2, 0.25) is 0 Å². The third kappa shape index (κ3) is 2.76. The van der Waals surface area contributed by atoms with Crippen molar-refractivity contribution >= 4 is 11.9 Å². The van der Waals surface area contributed by atoms with Crippen molar-refractivity contribution in [1.29, 1.82) is 0 Å². The van der Waals surface area contributed by atoms with E-state index in [1.807, 2.05) is 11.8 Å². The molecule has 0 aromatic carbocycles. The number of nitrogens with zero attached hydrogens (tertiary/aromatic N) is 3. The number of rotatable bonds is 5. The number of aromatic nitrogens is 2. The van der Waals surface area contributed by atoms with Crippen LogP contribution in [0.15, 0.2) is 4.42 Å². The van der Waals surface area contributed by atoms with Gasteiger partial charge in [-0.05, 0) is 19.3 Å². The van der Waals surface area contributed by atoms with Gasteiger partial charge in [-0.2, -0.15) is 0 Å². The van der Waals surface area contributed by atoms with Crippen molar-refractivity contribution < 1.29 is 14.3 Å². The van der Waals surface area contributed by atoms with E-state index >= 15 is 0 Å². The molecule has 19 heavy (non-hydrogen) atoms. The zero-order valence-electron chi connectivity index (χ0n) is 10.9. The first-order valence-electron chi connectivity index (χ1n) is 6.66. The Bertz CT molecular complexity index is 477. The summed E-state index contributed by atoms with van der Waals surface area (Å²) in [5.74, 6) is 0.803. The van der Waals surface area contributed by atoms with Crippen molar-refractivity contribution in [1.82, 2.24) is 15.1 Å². The van der Waals surface area contributed by atoms with Crippen LogP contribution in [0.25, 0.3) is 0 Å². The summed E-state index contributed by atoms with van der Waals surface area (Å²) >= 11 is 0. The molecule has 104 valence electrons. The van der Waals surface area contributed by atoms with Crippen molar-refractivity contribution in [2.45, 2.75) is 37.7 Å². The maximum absolute atomic E-state index is 11.7. The first kappa shape index (κ1) is 12.6. The molecule has 2 fully saturated rings. The second-order valence-corrected chi connectivity index (χ2v) is 5.49. The SMILES string of the molecule is CCC1(O)CN(CC(=O)Nc2nnc(C3CC3)o2)C1. The Hall–Kier alpha value is -1.47. The fourth-order valence-corrected chi connectivity index (χ4v) is 2.26. The summed E-state index contributed by atoms with van der Waals surface area (Å²) in [5.41, 5.74) is -0.621. The van der Waals surface area contributed by atoms with Crippen LogP contribution in [-0.2, 0) is 4.79 Å². The van der Waals surface area contributed by atoms with Gasteiger partial charge in [-0.25, -0.2) is 0 Å². The van der Waals surface area contributed by atoms with Gasteiger partial charge in [-0.3, -0.25) is 15.0 Å². The second-order valence-electron chi connectivity index (χ2n) is 5.49. The molecule has 1 aliphatic carbocycles. The molecule has 0 radical (unpaired) electrons. The average Bonchev–Trinajstić information content (AvgIpc) is 3.08. The van der Waals surface area contributed by atoms with Gasteiger partial charge in [0.1, 0.15) is 0 Å². The van der Waals surface area contributed by atoms with Crippen molar-refractivity contribution in [3.63, 3.8) is 0 Å². The van der Waals surface area contributed by atoms with Gasteiger partial charge in [-0.1, -0.05) is 12.0 Å². The van der Waals surface area contributed by atoms with E-state index in [2.05, 4.69) is 15.5 Å². The molecule has 2 aliphatic rings. The molecular weight excluding hydrogens is 248 g/mol. The number of amides is 1. The third-order valence-electron chi connectivity index (χ3n) is 3.67. The summed E-state index contributed by atoms with van der Waals surface area (Å²) in [6.45, 7) is 3.25. The number of β-amino-alcohol motifs (C(OH)–C–C–N with tert-alkyl or cyclic N) is 1. The Morgan fingerprint density at radius 1 is 1.53 bits per heavy atom. The molecule has 3 rings (SSSR count). The number of nitrogens with one attached hydrogen (secondary N) is 1. The first-order chi connectivity index (χ1) is 9.08. The number of likely N-dealkylation sites (tertiary alicyclic amines) is 1. The Morgan fingerprint density at radius 3 is 2.89 bits per heavy atom. The Morgan fingerprint density at radius 2 is 2.26 bits per heavy atom. The quantitative estimate of drug-likeness (QED) is 0.798. The molecule has 1 saturated heterocycles. The van der Waals surface area contributed by atoms with E-state index in [0.29, 0.717) is 31.3 Å². The largest absolute Gasteiger partial charge is 0.408 e. The molecule has 7 heteroatoms. The summed E-state index contributed by atoms with van der Waals surface area (Å²) in [4.78, 5) is 13.6. The highest BCUT2D eigenvalue weighted by molar-refractivity contribution is 5.90. The van der Waals surface area contributed by atoms with Gasteiger partial charge in [-0.15, -0.1) is 5.10 Å². The van der Waals surface area contributed by atoms with Gasteiger partial charge < -0.3 is 9.52 Å². The lowest BCUT2D eigenvalue weighted by Gasteiger charge is -2.45. The minimum Gasteiger partial charge on any atom is -0.408 e. The molecule has 0 spiro atoms. The molecule has 1 saturated carbocycles. The van der Waals surface area contributed by atoms with E-state index in [9.17, 15) is 9.90 Å². The molecule has 2 N–H and O–H groups in total. The predicted octanol–water partition coefficient (Wildman–Crippen LogP) is 0.342. The van der Waals surface area contributed by atoms with Crippen molar-refractivity contribution in [2.24, 2.45) is 0 Å².